The minimum absolute atomic E-state index is 0. The molecule has 1 aliphatic carbocycles. The second kappa shape index (κ2) is 7.55. The molecule has 2 nitrogen and oxygen atoms in total. The Morgan fingerprint density at radius 1 is 1.47 bits per heavy atom. The summed E-state index contributed by atoms with van der Waals surface area (Å²) in [6.45, 7) is 0.933. The quantitative estimate of drug-likeness (QED) is 0.475. The Balaban J connectivity index is 0.00000144. The summed E-state index contributed by atoms with van der Waals surface area (Å²) in [5, 5.41) is -0.0475. The molecule has 0 aromatic carbocycles. The van der Waals surface area contributed by atoms with Gasteiger partial charge in [-0.05, 0) is 24.4 Å². The number of hydrogen-bond acceptors (Lipinski definition) is 2. The van der Waals surface area contributed by atoms with Gasteiger partial charge in [0.15, 0.2) is 0 Å². The van der Waals surface area contributed by atoms with E-state index in [2.05, 4.69) is 6.26 Å². The Hall–Kier alpha value is 0.989. The summed E-state index contributed by atoms with van der Waals surface area (Å²) in [5.74, 6) is 0.774. The van der Waals surface area contributed by atoms with Crippen LogP contribution in [0.25, 0.3) is 0 Å². The normalized spacial score (nSPS) is 32.4. The molecule has 1 aromatic heterocycles. The average Bonchev–Trinajstić information content (AvgIpc) is 2.82. The first kappa shape index (κ1) is 16.0. The molecule has 1 aromatic rings. The van der Waals surface area contributed by atoms with Crippen molar-refractivity contribution in [1.82, 2.24) is 0 Å². The summed E-state index contributed by atoms with van der Waals surface area (Å²) in [6, 6.07) is 3.52. The molecule has 17 heavy (non-hydrogen) atoms. The molecule has 1 saturated carbocycles. The number of hydrogen-bond donors (Lipinski definition) is 0. The third-order valence-corrected chi connectivity index (χ3v) is 3.88. The van der Waals surface area contributed by atoms with Crippen LogP contribution in [0, 0.1) is 12.2 Å². The summed E-state index contributed by atoms with van der Waals surface area (Å²) in [7, 11) is 5.95. The van der Waals surface area contributed by atoms with Gasteiger partial charge in [-0.1, -0.05) is 5.82 Å². The molecule has 0 N–H and O–H groups in total. The van der Waals surface area contributed by atoms with Crippen molar-refractivity contribution in [2.75, 3.05) is 6.61 Å². The van der Waals surface area contributed by atoms with Crippen LogP contribution in [0.5, 0.6) is 0 Å². The van der Waals surface area contributed by atoms with Crippen molar-refractivity contribution < 1.29 is 41.9 Å². The van der Waals surface area contributed by atoms with Crippen molar-refractivity contribution in [2.45, 2.75) is 29.6 Å². The molecular formula is C11H12BCl2O2Y-. The third kappa shape index (κ3) is 4.24. The molecule has 4 unspecified atom stereocenters. The van der Waals surface area contributed by atoms with Crippen molar-refractivity contribution in [3.63, 3.8) is 0 Å². The van der Waals surface area contributed by atoms with E-state index in [1.165, 1.54) is 0 Å². The Morgan fingerprint density at radius 3 is 2.76 bits per heavy atom. The maximum Gasteiger partial charge on any atom is 0.0725 e. The summed E-state index contributed by atoms with van der Waals surface area (Å²) >= 11 is 12.2. The van der Waals surface area contributed by atoms with E-state index in [4.69, 9.17) is 40.2 Å². The third-order valence-electron chi connectivity index (χ3n) is 2.91. The Kier molecular flexibility index (Phi) is 7.12. The van der Waals surface area contributed by atoms with Gasteiger partial charge in [-0.25, -0.2) is 0 Å². The van der Waals surface area contributed by atoms with Gasteiger partial charge in [0.2, 0.25) is 0 Å². The van der Waals surface area contributed by atoms with E-state index in [0.717, 1.165) is 12.2 Å². The number of rotatable bonds is 4. The van der Waals surface area contributed by atoms with Crippen molar-refractivity contribution in [2.24, 2.45) is 5.92 Å². The van der Waals surface area contributed by atoms with E-state index in [-0.39, 0.29) is 55.2 Å². The molecule has 1 fully saturated rings. The minimum Gasteiger partial charge on any atom is -0.593 e. The van der Waals surface area contributed by atoms with E-state index in [1.54, 1.807) is 6.07 Å². The van der Waals surface area contributed by atoms with Crippen molar-refractivity contribution in [3.8, 4) is 0 Å². The molecule has 0 spiro atoms. The smallest absolute Gasteiger partial charge is 0.0725 e. The summed E-state index contributed by atoms with van der Waals surface area (Å²) in [5.41, 5.74) is 0. The fraction of sp³-hybridized carbons (Fsp3) is 0.636. The number of halogens is 2. The number of ether oxygens (including phenoxy) is 1. The fourth-order valence-corrected chi connectivity index (χ4v) is 2.82. The summed E-state index contributed by atoms with van der Waals surface area (Å²) < 4.78 is 10.5. The number of furan rings is 1. The zero-order chi connectivity index (χ0) is 11.5. The molecule has 4 atom stereocenters. The second-order valence-electron chi connectivity index (χ2n) is 4.04. The van der Waals surface area contributed by atoms with Gasteiger partial charge in [0.25, 0.3) is 0 Å². The van der Waals surface area contributed by atoms with Crippen molar-refractivity contribution >= 4 is 31.0 Å². The summed E-state index contributed by atoms with van der Waals surface area (Å²) in [6.07, 6.45) is 3.35. The Morgan fingerprint density at radius 2 is 2.24 bits per heavy atom. The van der Waals surface area contributed by atoms with E-state index in [1.807, 2.05) is 6.07 Å². The molecule has 0 saturated heterocycles. The SMILES string of the molecule is [B]C1C(Cl)CC(Cl)C1COCc1cc[c-]o1.[Y]. The van der Waals surface area contributed by atoms with E-state index < -0.39 is 0 Å². The largest absolute Gasteiger partial charge is 0.593 e. The molecule has 1 heterocycles. The van der Waals surface area contributed by atoms with Crippen LogP contribution in [0.15, 0.2) is 16.5 Å². The summed E-state index contributed by atoms with van der Waals surface area (Å²) in [4.78, 5) is 0. The van der Waals surface area contributed by atoms with Crippen LogP contribution >= 0.6 is 23.2 Å². The molecule has 3 radical (unpaired) electrons. The maximum atomic E-state index is 6.15. The second-order valence-corrected chi connectivity index (χ2v) is 5.16. The topological polar surface area (TPSA) is 22.4 Å². The van der Waals surface area contributed by atoms with E-state index in [9.17, 15) is 0 Å². The van der Waals surface area contributed by atoms with Crippen LogP contribution in [0.3, 0.4) is 0 Å². The van der Waals surface area contributed by atoms with E-state index in [0.29, 0.717) is 13.2 Å². The monoisotopic (exact) mass is 346 g/mol. The molecule has 89 valence electrons. The zero-order valence-electron chi connectivity index (χ0n) is 9.31. The Bertz CT molecular complexity index is 323. The zero-order valence-corrected chi connectivity index (χ0v) is 13.7. The first-order valence-electron chi connectivity index (χ1n) is 5.24. The van der Waals surface area contributed by atoms with Crippen LogP contribution in [0.4, 0.5) is 0 Å². The molecule has 0 amide bonds. The van der Waals surface area contributed by atoms with Gasteiger partial charge >= 0.3 is 0 Å². The molecule has 6 heteroatoms. The standard InChI is InChI=1S/C11H12BCl2O2.Y/c12-11-8(9(13)4-10(11)14)6-15-5-7-2-1-3-16-7;/h1-2,8-11H,4-6H2;/q-1;. The van der Waals surface area contributed by atoms with Gasteiger partial charge in [-0.3, -0.25) is 0 Å². The van der Waals surface area contributed by atoms with Crippen LogP contribution in [-0.2, 0) is 44.1 Å². The average molecular weight is 347 g/mol. The number of alkyl halides is 2. The van der Waals surface area contributed by atoms with Gasteiger partial charge in [0, 0.05) is 56.7 Å². The Labute approximate surface area is 138 Å². The molecular weight excluding hydrogens is 335 g/mol. The van der Waals surface area contributed by atoms with Crippen LogP contribution in [0.1, 0.15) is 12.2 Å². The van der Waals surface area contributed by atoms with Gasteiger partial charge in [0.1, 0.15) is 0 Å². The molecule has 0 bridgehead atoms. The van der Waals surface area contributed by atoms with Crippen LogP contribution in [0.2, 0.25) is 5.82 Å². The molecule has 0 aliphatic heterocycles. The van der Waals surface area contributed by atoms with Crippen LogP contribution in [-0.4, -0.2) is 25.2 Å². The minimum atomic E-state index is -0.0904. The fourth-order valence-electron chi connectivity index (χ4n) is 1.92. The van der Waals surface area contributed by atoms with Crippen molar-refractivity contribution in [3.05, 3.63) is 24.2 Å². The predicted octanol–water partition coefficient (Wildman–Crippen LogP) is 2.79. The predicted molar refractivity (Wildman–Crippen MR) is 64.1 cm³/mol. The van der Waals surface area contributed by atoms with Crippen LogP contribution < -0.4 is 0 Å². The first-order chi connectivity index (χ1) is 7.68. The molecule has 2 rings (SSSR count). The first-order valence-corrected chi connectivity index (χ1v) is 6.12. The van der Waals surface area contributed by atoms with Crippen molar-refractivity contribution in [1.29, 1.82) is 0 Å². The maximum absolute atomic E-state index is 6.15. The van der Waals surface area contributed by atoms with Gasteiger partial charge < -0.3 is 9.15 Å². The molecule has 1 aliphatic rings. The van der Waals surface area contributed by atoms with Gasteiger partial charge in [-0.15, -0.1) is 29.3 Å². The van der Waals surface area contributed by atoms with Gasteiger partial charge in [0.05, 0.1) is 7.85 Å². The van der Waals surface area contributed by atoms with E-state index >= 15 is 0 Å². The van der Waals surface area contributed by atoms with Gasteiger partial charge in [-0.2, -0.15) is 6.07 Å².